The number of hydrogen-bond donors (Lipinski definition) is 2. The minimum atomic E-state index is 0.224. The molecule has 1 aliphatic carbocycles. The average molecular weight is 331 g/mol. The Hall–Kier alpha value is -1.75. The quantitative estimate of drug-likeness (QED) is 0.568. The van der Waals surface area contributed by atoms with Gasteiger partial charge in [-0.15, -0.1) is 0 Å². The minimum absolute atomic E-state index is 0.224. The number of ether oxygens (including phenoxy) is 2. The van der Waals surface area contributed by atoms with Crippen LogP contribution in [0.25, 0.3) is 0 Å². The van der Waals surface area contributed by atoms with Crippen LogP contribution in [0.15, 0.2) is 29.3 Å². The van der Waals surface area contributed by atoms with Crippen LogP contribution in [0, 0.1) is 11.3 Å². The van der Waals surface area contributed by atoms with Crippen LogP contribution in [0.3, 0.4) is 0 Å². The van der Waals surface area contributed by atoms with Crippen molar-refractivity contribution in [1.29, 1.82) is 0 Å². The Kier molecular flexibility index (Phi) is 5.61. The lowest BCUT2D eigenvalue weighted by atomic mass is 9.89. The molecule has 1 aromatic rings. The number of benzene rings is 1. The van der Waals surface area contributed by atoms with E-state index >= 15 is 0 Å². The first-order valence-electron chi connectivity index (χ1n) is 8.99. The maximum absolute atomic E-state index is 5.97. The number of nitrogens with zero attached hydrogens (tertiary/aromatic N) is 1. The van der Waals surface area contributed by atoms with Gasteiger partial charge in [0.05, 0.1) is 26.4 Å². The van der Waals surface area contributed by atoms with Crippen molar-refractivity contribution in [2.45, 2.75) is 33.2 Å². The second-order valence-electron chi connectivity index (χ2n) is 7.21. The van der Waals surface area contributed by atoms with Crippen LogP contribution in [-0.2, 0) is 11.3 Å². The van der Waals surface area contributed by atoms with Crippen LogP contribution in [0.1, 0.15) is 32.3 Å². The molecule has 0 atom stereocenters. The van der Waals surface area contributed by atoms with Crippen molar-refractivity contribution < 1.29 is 9.47 Å². The molecule has 0 unspecified atom stereocenters. The molecule has 0 amide bonds. The molecule has 0 spiro atoms. The topological polar surface area (TPSA) is 54.9 Å². The molecule has 0 radical (unpaired) electrons. The zero-order chi connectivity index (χ0) is 16.8. The molecule has 1 saturated carbocycles. The summed E-state index contributed by atoms with van der Waals surface area (Å²) in [6, 6.07) is 8.20. The summed E-state index contributed by atoms with van der Waals surface area (Å²) in [7, 11) is 0. The van der Waals surface area contributed by atoms with E-state index in [-0.39, 0.29) is 5.41 Å². The smallest absolute Gasteiger partial charge is 0.191 e. The number of para-hydroxylation sites is 1. The molecular weight excluding hydrogens is 302 g/mol. The minimum Gasteiger partial charge on any atom is -0.493 e. The number of aliphatic imine (C=N–C) groups is 1. The van der Waals surface area contributed by atoms with Crippen molar-refractivity contribution in [3.63, 3.8) is 0 Å². The van der Waals surface area contributed by atoms with Crippen LogP contribution < -0.4 is 15.4 Å². The summed E-state index contributed by atoms with van der Waals surface area (Å²) in [5.74, 6) is 2.57. The van der Waals surface area contributed by atoms with E-state index in [9.17, 15) is 0 Å². The van der Waals surface area contributed by atoms with Gasteiger partial charge in [0.15, 0.2) is 5.96 Å². The first-order chi connectivity index (χ1) is 11.7. The predicted octanol–water partition coefficient (Wildman–Crippen LogP) is 2.57. The molecule has 1 aromatic carbocycles. The Bertz CT molecular complexity index is 565. The molecule has 2 aliphatic rings. The third-order valence-electron chi connectivity index (χ3n) is 4.48. The van der Waals surface area contributed by atoms with Gasteiger partial charge in [-0.3, -0.25) is 0 Å². The fraction of sp³-hybridized carbons (Fsp3) is 0.632. The Morgan fingerprint density at radius 1 is 1.29 bits per heavy atom. The fourth-order valence-electron chi connectivity index (χ4n) is 2.62. The zero-order valence-electron chi connectivity index (χ0n) is 14.8. The van der Waals surface area contributed by atoms with E-state index in [1.54, 1.807) is 0 Å². The summed E-state index contributed by atoms with van der Waals surface area (Å²) >= 11 is 0. The summed E-state index contributed by atoms with van der Waals surface area (Å²) in [5, 5.41) is 6.74. The molecule has 24 heavy (non-hydrogen) atoms. The molecule has 0 aromatic heterocycles. The van der Waals surface area contributed by atoms with Crippen molar-refractivity contribution in [2.24, 2.45) is 16.3 Å². The van der Waals surface area contributed by atoms with Crippen LogP contribution in [0.2, 0.25) is 0 Å². The Balaban J connectivity index is 1.58. The molecule has 2 fully saturated rings. The molecule has 2 N–H and O–H groups in total. The maximum Gasteiger partial charge on any atom is 0.191 e. The Labute approximate surface area is 144 Å². The van der Waals surface area contributed by atoms with Crippen molar-refractivity contribution in [1.82, 2.24) is 10.6 Å². The van der Waals surface area contributed by atoms with Gasteiger partial charge in [-0.1, -0.05) is 25.1 Å². The lowest BCUT2D eigenvalue weighted by Gasteiger charge is -2.38. The van der Waals surface area contributed by atoms with Gasteiger partial charge in [-0.2, -0.15) is 0 Å². The van der Waals surface area contributed by atoms with E-state index < -0.39 is 0 Å². The van der Waals surface area contributed by atoms with Gasteiger partial charge in [0.25, 0.3) is 0 Å². The van der Waals surface area contributed by atoms with E-state index in [2.05, 4.69) is 30.5 Å². The molecule has 1 aliphatic heterocycles. The highest BCUT2D eigenvalue weighted by molar-refractivity contribution is 5.79. The third-order valence-corrected chi connectivity index (χ3v) is 4.48. The van der Waals surface area contributed by atoms with Gasteiger partial charge in [0, 0.05) is 24.1 Å². The molecule has 1 saturated heterocycles. The lowest BCUT2D eigenvalue weighted by molar-refractivity contribution is -0.0971. The molecule has 132 valence electrons. The van der Waals surface area contributed by atoms with Crippen molar-refractivity contribution in [2.75, 3.05) is 32.9 Å². The standard InChI is InChI=1S/C19H29N3O2/c1-3-20-18(22-12-19(2)13-23-14-19)21-10-16-6-4-5-7-17(16)24-11-15-8-9-15/h4-7,15H,3,8-14H2,1-2H3,(H2,20,21,22). The number of nitrogens with one attached hydrogen (secondary N) is 2. The SMILES string of the molecule is CCNC(=NCc1ccccc1OCC1CC1)NCC1(C)COC1. The van der Waals surface area contributed by atoms with Gasteiger partial charge in [0.2, 0.25) is 0 Å². The van der Waals surface area contributed by atoms with E-state index in [4.69, 9.17) is 14.5 Å². The molecule has 3 rings (SSSR count). The fourth-order valence-corrected chi connectivity index (χ4v) is 2.62. The van der Waals surface area contributed by atoms with Gasteiger partial charge >= 0.3 is 0 Å². The Morgan fingerprint density at radius 2 is 2.08 bits per heavy atom. The summed E-state index contributed by atoms with van der Waals surface area (Å²) in [6.07, 6.45) is 2.61. The highest BCUT2D eigenvalue weighted by Gasteiger charge is 2.33. The van der Waals surface area contributed by atoms with Crippen LogP contribution in [-0.4, -0.2) is 38.9 Å². The van der Waals surface area contributed by atoms with Crippen molar-refractivity contribution in [3.05, 3.63) is 29.8 Å². The first kappa shape index (κ1) is 17.1. The van der Waals surface area contributed by atoms with Gasteiger partial charge in [-0.25, -0.2) is 4.99 Å². The van der Waals surface area contributed by atoms with Gasteiger partial charge in [0.1, 0.15) is 5.75 Å². The summed E-state index contributed by atoms with van der Waals surface area (Å²) in [4.78, 5) is 4.72. The number of hydrogen-bond acceptors (Lipinski definition) is 3. The maximum atomic E-state index is 5.97. The van der Waals surface area contributed by atoms with E-state index in [1.807, 2.05) is 18.2 Å². The number of rotatable bonds is 8. The second-order valence-corrected chi connectivity index (χ2v) is 7.21. The van der Waals surface area contributed by atoms with Gasteiger partial charge < -0.3 is 20.1 Å². The van der Waals surface area contributed by atoms with Crippen LogP contribution in [0.4, 0.5) is 0 Å². The Morgan fingerprint density at radius 3 is 2.75 bits per heavy atom. The van der Waals surface area contributed by atoms with Crippen molar-refractivity contribution in [3.8, 4) is 5.75 Å². The van der Waals surface area contributed by atoms with Crippen LogP contribution >= 0.6 is 0 Å². The first-order valence-corrected chi connectivity index (χ1v) is 8.99. The summed E-state index contributed by atoms with van der Waals surface area (Å²) < 4.78 is 11.3. The molecule has 5 nitrogen and oxygen atoms in total. The number of guanidine groups is 1. The molecular formula is C19H29N3O2. The average Bonchev–Trinajstić information content (AvgIpc) is 3.39. The largest absolute Gasteiger partial charge is 0.493 e. The second kappa shape index (κ2) is 7.88. The highest BCUT2D eigenvalue weighted by Crippen LogP contribution is 2.30. The van der Waals surface area contributed by atoms with E-state index in [1.165, 1.54) is 12.8 Å². The third kappa shape index (κ3) is 4.87. The molecule has 5 heteroatoms. The van der Waals surface area contributed by atoms with E-state index in [0.29, 0.717) is 6.54 Å². The van der Waals surface area contributed by atoms with Crippen LogP contribution in [0.5, 0.6) is 5.75 Å². The predicted molar refractivity (Wildman–Crippen MR) is 96.4 cm³/mol. The summed E-state index contributed by atoms with van der Waals surface area (Å²) in [6.45, 7) is 9.11. The van der Waals surface area contributed by atoms with Gasteiger partial charge in [-0.05, 0) is 31.7 Å². The molecule has 0 bridgehead atoms. The monoisotopic (exact) mass is 331 g/mol. The highest BCUT2D eigenvalue weighted by atomic mass is 16.5. The van der Waals surface area contributed by atoms with E-state index in [0.717, 1.165) is 56.1 Å². The lowest BCUT2D eigenvalue weighted by Crippen LogP contribution is -2.51. The van der Waals surface area contributed by atoms with Crippen molar-refractivity contribution >= 4 is 5.96 Å². The normalized spacial score (nSPS) is 19.5. The zero-order valence-corrected chi connectivity index (χ0v) is 14.8. The summed E-state index contributed by atoms with van der Waals surface area (Å²) in [5.41, 5.74) is 1.36. The molecule has 1 heterocycles.